The number of nitro benzene ring substituents is 1. The average molecular weight is 452 g/mol. The predicted octanol–water partition coefficient (Wildman–Crippen LogP) is 4.09. The molecule has 2 aromatic carbocycles. The van der Waals surface area contributed by atoms with E-state index in [2.05, 4.69) is 22.4 Å². The molecule has 3 aromatic rings. The van der Waals surface area contributed by atoms with E-state index in [9.17, 15) is 19.7 Å². The molecule has 1 N–H and O–H groups in total. The summed E-state index contributed by atoms with van der Waals surface area (Å²) in [4.78, 5) is 37.6. The summed E-state index contributed by atoms with van der Waals surface area (Å²) in [6.07, 6.45) is 1.15. The van der Waals surface area contributed by atoms with Crippen molar-refractivity contribution in [3.05, 3.63) is 74.3 Å². The van der Waals surface area contributed by atoms with Crippen LogP contribution in [0.5, 0.6) is 0 Å². The van der Waals surface area contributed by atoms with Crippen molar-refractivity contribution in [1.82, 2.24) is 10.2 Å². The van der Waals surface area contributed by atoms with Crippen LogP contribution in [-0.4, -0.2) is 33.5 Å². The number of anilines is 2. The van der Waals surface area contributed by atoms with Crippen LogP contribution in [0.3, 0.4) is 0 Å². The number of amides is 2. The van der Waals surface area contributed by atoms with Gasteiger partial charge in [0, 0.05) is 41.8 Å². The lowest BCUT2D eigenvalue weighted by atomic mass is 10.1. The second-order valence-corrected chi connectivity index (χ2v) is 8.55. The lowest BCUT2D eigenvalue weighted by molar-refractivity contribution is -0.385. The minimum atomic E-state index is -0.519. The van der Waals surface area contributed by atoms with Crippen molar-refractivity contribution in [2.75, 3.05) is 16.8 Å². The number of aromatic nitrogens is 2. The zero-order valence-corrected chi connectivity index (χ0v) is 18.4. The van der Waals surface area contributed by atoms with Crippen LogP contribution >= 0.6 is 11.3 Å². The fraction of sp³-hybridized carbons (Fsp3) is 0.273. The highest BCUT2D eigenvalue weighted by Gasteiger charge is 2.34. The normalized spacial score (nSPS) is 15.8. The summed E-state index contributed by atoms with van der Waals surface area (Å²) in [5.41, 5.74) is 2.55. The van der Waals surface area contributed by atoms with Crippen LogP contribution in [0, 0.1) is 17.0 Å². The molecule has 4 rings (SSSR count). The van der Waals surface area contributed by atoms with E-state index in [1.165, 1.54) is 29.5 Å². The van der Waals surface area contributed by atoms with E-state index in [-0.39, 0.29) is 28.2 Å². The number of nitrogens with one attached hydrogen (secondary N) is 1. The molecule has 0 bridgehead atoms. The molecule has 1 atom stereocenters. The maximum absolute atomic E-state index is 12.7. The molecule has 0 aliphatic carbocycles. The van der Waals surface area contributed by atoms with Crippen molar-refractivity contribution in [2.24, 2.45) is 0 Å². The van der Waals surface area contributed by atoms with E-state index in [0.29, 0.717) is 23.5 Å². The van der Waals surface area contributed by atoms with Gasteiger partial charge in [0.05, 0.1) is 4.92 Å². The molecule has 0 spiro atoms. The zero-order chi connectivity index (χ0) is 22.8. The lowest BCUT2D eigenvalue weighted by Crippen LogP contribution is -2.25. The molecule has 1 aliphatic rings. The van der Waals surface area contributed by atoms with Crippen molar-refractivity contribution < 1.29 is 14.5 Å². The van der Waals surface area contributed by atoms with Gasteiger partial charge in [0.25, 0.3) is 11.6 Å². The highest BCUT2D eigenvalue weighted by molar-refractivity contribution is 7.15. The molecule has 1 saturated heterocycles. The maximum Gasteiger partial charge on any atom is 0.273 e. The maximum atomic E-state index is 12.7. The molecule has 2 heterocycles. The summed E-state index contributed by atoms with van der Waals surface area (Å²) in [6, 6.07) is 12.1. The first-order chi connectivity index (χ1) is 15.4. The second-order valence-electron chi connectivity index (χ2n) is 7.55. The Balaban J connectivity index is 1.47. The molecule has 10 heteroatoms. The van der Waals surface area contributed by atoms with Crippen LogP contribution in [-0.2, 0) is 11.2 Å². The zero-order valence-electron chi connectivity index (χ0n) is 17.6. The van der Waals surface area contributed by atoms with Gasteiger partial charge in [-0.2, -0.15) is 0 Å². The number of benzene rings is 2. The Morgan fingerprint density at radius 1 is 1.28 bits per heavy atom. The number of aryl methyl sites for hydroxylation is 2. The van der Waals surface area contributed by atoms with Crippen LogP contribution in [0.2, 0.25) is 0 Å². The number of para-hydroxylation sites is 1. The second kappa shape index (κ2) is 8.83. The van der Waals surface area contributed by atoms with Gasteiger partial charge in [-0.1, -0.05) is 42.5 Å². The van der Waals surface area contributed by atoms with Gasteiger partial charge in [0.15, 0.2) is 0 Å². The Labute approximate surface area is 188 Å². The Bertz CT molecular complexity index is 1210. The molecular formula is C22H21N5O4S. The van der Waals surface area contributed by atoms with Crippen molar-refractivity contribution in [2.45, 2.75) is 32.6 Å². The average Bonchev–Trinajstić information content (AvgIpc) is 3.40. The van der Waals surface area contributed by atoms with Crippen LogP contribution in [0.4, 0.5) is 16.5 Å². The Morgan fingerprint density at radius 3 is 2.81 bits per heavy atom. The van der Waals surface area contributed by atoms with Gasteiger partial charge < -0.3 is 4.90 Å². The van der Waals surface area contributed by atoms with E-state index in [1.807, 2.05) is 24.3 Å². The third-order valence-corrected chi connectivity index (χ3v) is 6.47. The summed E-state index contributed by atoms with van der Waals surface area (Å²) >= 11 is 1.21. The number of hydrogen-bond acceptors (Lipinski definition) is 7. The fourth-order valence-corrected chi connectivity index (χ4v) is 4.58. The Hall–Kier alpha value is -3.66. The number of rotatable bonds is 6. The standard InChI is InChI=1S/C22H21N5O4S/c1-3-14-6-4-5-7-17(14)26-12-16(11-19(26)28)21-24-25-22(32-21)23-20(29)15-9-8-13(2)18(10-15)27(30)31/h4-10,16H,3,11-12H2,1-2H3,(H,23,25,29). The summed E-state index contributed by atoms with van der Waals surface area (Å²) in [5.74, 6) is -0.587. The highest BCUT2D eigenvalue weighted by atomic mass is 32.1. The van der Waals surface area contributed by atoms with Gasteiger partial charge in [-0.15, -0.1) is 10.2 Å². The van der Waals surface area contributed by atoms with Crippen molar-refractivity contribution in [1.29, 1.82) is 0 Å². The van der Waals surface area contributed by atoms with Crippen molar-refractivity contribution in [3.8, 4) is 0 Å². The molecular weight excluding hydrogens is 430 g/mol. The molecule has 164 valence electrons. The number of nitrogens with zero attached hydrogens (tertiary/aromatic N) is 4. The third-order valence-electron chi connectivity index (χ3n) is 5.47. The Kier molecular flexibility index (Phi) is 5.95. The largest absolute Gasteiger partial charge is 0.311 e. The van der Waals surface area contributed by atoms with E-state index >= 15 is 0 Å². The molecule has 1 aromatic heterocycles. The van der Waals surface area contributed by atoms with Gasteiger partial charge in [0.1, 0.15) is 5.01 Å². The quantitative estimate of drug-likeness (QED) is 0.445. The molecule has 1 fully saturated rings. The summed E-state index contributed by atoms with van der Waals surface area (Å²) in [7, 11) is 0. The summed E-state index contributed by atoms with van der Waals surface area (Å²) in [6.45, 7) is 4.17. The monoisotopic (exact) mass is 451 g/mol. The summed E-state index contributed by atoms with van der Waals surface area (Å²) in [5, 5.41) is 22.9. The van der Waals surface area contributed by atoms with Crippen molar-refractivity contribution >= 4 is 39.7 Å². The Morgan fingerprint density at radius 2 is 2.06 bits per heavy atom. The van der Waals surface area contributed by atoms with Gasteiger partial charge in [-0.3, -0.25) is 25.0 Å². The molecule has 2 amide bonds. The van der Waals surface area contributed by atoms with E-state index in [1.54, 1.807) is 11.8 Å². The minimum Gasteiger partial charge on any atom is -0.311 e. The predicted molar refractivity (Wildman–Crippen MR) is 121 cm³/mol. The van der Waals surface area contributed by atoms with E-state index < -0.39 is 10.8 Å². The van der Waals surface area contributed by atoms with Crippen LogP contribution in [0.15, 0.2) is 42.5 Å². The van der Waals surface area contributed by atoms with Crippen LogP contribution in [0.25, 0.3) is 0 Å². The minimum absolute atomic E-state index is 0.0312. The third kappa shape index (κ3) is 4.22. The van der Waals surface area contributed by atoms with Gasteiger partial charge >= 0.3 is 0 Å². The number of carbonyl (C=O) groups excluding carboxylic acids is 2. The number of hydrogen-bond donors (Lipinski definition) is 1. The fourth-order valence-electron chi connectivity index (χ4n) is 3.75. The lowest BCUT2D eigenvalue weighted by Gasteiger charge is -2.19. The first-order valence-electron chi connectivity index (χ1n) is 10.2. The molecule has 0 saturated carbocycles. The van der Waals surface area contributed by atoms with Crippen molar-refractivity contribution in [3.63, 3.8) is 0 Å². The number of carbonyl (C=O) groups is 2. The van der Waals surface area contributed by atoms with Crippen LogP contribution < -0.4 is 10.2 Å². The first-order valence-corrected chi connectivity index (χ1v) is 11.0. The molecule has 1 aliphatic heterocycles. The smallest absolute Gasteiger partial charge is 0.273 e. The highest BCUT2D eigenvalue weighted by Crippen LogP contribution is 2.35. The first kappa shape index (κ1) is 21.6. The SMILES string of the molecule is CCc1ccccc1N1CC(c2nnc(NC(=O)c3ccc(C)c([N+](=O)[O-])c3)s2)CC1=O. The van der Waals surface area contributed by atoms with E-state index in [0.717, 1.165) is 17.7 Å². The molecule has 0 radical (unpaired) electrons. The number of nitro groups is 1. The topological polar surface area (TPSA) is 118 Å². The summed E-state index contributed by atoms with van der Waals surface area (Å²) < 4.78 is 0. The molecule has 1 unspecified atom stereocenters. The van der Waals surface area contributed by atoms with E-state index in [4.69, 9.17) is 0 Å². The van der Waals surface area contributed by atoms with Gasteiger partial charge in [0.2, 0.25) is 11.0 Å². The van der Waals surface area contributed by atoms with Crippen LogP contribution in [0.1, 0.15) is 45.8 Å². The molecule has 9 nitrogen and oxygen atoms in total. The molecule has 32 heavy (non-hydrogen) atoms. The van der Waals surface area contributed by atoms with Gasteiger partial charge in [-0.25, -0.2) is 0 Å². The van der Waals surface area contributed by atoms with Gasteiger partial charge in [-0.05, 0) is 31.0 Å².